The van der Waals surface area contributed by atoms with Crippen LogP contribution < -0.4 is 9.47 Å². The number of esters is 1. The van der Waals surface area contributed by atoms with E-state index in [1.165, 1.54) is 14.2 Å². The van der Waals surface area contributed by atoms with Gasteiger partial charge in [0, 0.05) is 11.1 Å². The lowest BCUT2D eigenvalue weighted by molar-refractivity contribution is -0.139. The van der Waals surface area contributed by atoms with Crippen molar-refractivity contribution < 1.29 is 19.0 Å². The van der Waals surface area contributed by atoms with Crippen molar-refractivity contribution in [1.82, 2.24) is 0 Å². The van der Waals surface area contributed by atoms with Crippen LogP contribution in [-0.4, -0.2) is 20.2 Å². The number of nitrogens with zero attached hydrogens (tertiary/aromatic N) is 1. The number of rotatable bonds is 5. The number of hydrogen-bond acceptors (Lipinski definition) is 4. The highest BCUT2D eigenvalue weighted by molar-refractivity contribution is 6.31. The Balaban J connectivity index is 2.32. The highest BCUT2D eigenvalue weighted by atomic mass is 35.5. The summed E-state index contributed by atoms with van der Waals surface area (Å²) in [6.45, 7) is 7.05. The van der Waals surface area contributed by atoms with Crippen molar-refractivity contribution in [2.75, 3.05) is 14.2 Å². The van der Waals surface area contributed by atoms with Crippen LogP contribution in [0.3, 0.4) is 0 Å². The monoisotopic (exact) mass is 331 g/mol. The molecule has 118 valence electrons. The molecular weight excluding hydrogens is 318 g/mol. The highest BCUT2D eigenvalue weighted by Crippen LogP contribution is 2.32. The van der Waals surface area contributed by atoms with E-state index in [0.29, 0.717) is 33.5 Å². The molecule has 2 aromatic rings. The molecule has 0 amide bonds. The fraction of sp³-hybridized carbons (Fsp3) is 0.176. The van der Waals surface area contributed by atoms with Gasteiger partial charge in [-0.3, -0.25) is 4.79 Å². The van der Waals surface area contributed by atoms with Gasteiger partial charge in [-0.1, -0.05) is 11.6 Å². The van der Waals surface area contributed by atoms with Crippen molar-refractivity contribution >= 4 is 23.3 Å². The van der Waals surface area contributed by atoms with Gasteiger partial charge in [0.15, 0.2) is 5.69 Å². The zero-order chi connectivity index (χ0) is 16.8. The third-order valence-corrected chi connectivity index (χ3v) is 3.19. The van der Waals surface area contributed by atoms with E-state index in [1.807, 2.05) is 0 Å². The first-order valence-electron chi connectivity index (χ1n) is 6.64. The normalized spacial score (nSPS) is 9.83. The Kier molecular flexibility index (Phi) is 5.45. The summed E-state index contributed by atoms with van der Waals surface area (Å²) in [5.41, 5.74) is 1.07. The van der Waals surface area contributed by atoms with Crippen LogP contribution in [0.25, 0.3) is 4.85 Å². The van der Waals surface area contributed by atoms with Gasteiger partial charge in [0.05, 0.1) is 27.2 Å². The molecular formula is C17H14ClNO4. The Labute approximate surface area is 139 Å². The first kappa shape index (κ1) is 16.7. The second kappa shape index (κ2) is 7.52. The van der Waals surface area contributed by atoms with E-state index in [4.69, 9.17) is 27.6 Å². The summed E-state index contributed by atoms with van der Waals surface area (Å²) in [4.78, 5) is 14.8. The molecule has 0 aliphatic carbocycles. The van der Waals surface area contributed by atoms with E-state index in [9.17, 15) is 4.79 Å². The maximum atomic E-state index is 11.4. The van der Waals surface area contributed by atoms with Gasteiger partial charge in [0.25, 0.3) is 0 Å². The molecule has 0 bridgehead atoms. The van der Waals surface area contributed by atoms with Crippen molar-refractivity contribution in [3.05, 3.63) is 58.4 Å². The molecule has 0 aliphatic rings. The predicted octanol–water partition coefficient (Wildman–Crippen LogP) is 4.41. The van der Waals surface area contributed by atoms with E-state index in [-0.39, 0.29) is 12.4 Å². The Morgan fingerprint density at radius 1 is 1.09 bits per heavy atom. The number of ether oxygens (including phenoxy) is 3. The van der Waals surface area contributed by atoms with E-state index < -0.39 is 0 Å². The molecule has 0 atom stereocenters. The zero-order valence-electron chi connectivity index (χ0n) is 12.6. The third kappa shape index (κ3) is 4.63. The molecule has 0 aromatic heterocycles. The van der Waals surface area contributed by atoms with E-state index in [1.54, 1.807) is 36.4 Å². The predicted molar refractivity (Wildman–Crippen MR) is 86.5 cm³/mol. The summed E-state index contributed by atoms with van der Waals surface area (Å²) in [6.07, 6.45) is 0.104. The molecule has 0 N–H and O–H groups in total. The van der Waals surface area contributed by atoms with Gasteiger partial charge in [0.1, 0.15) is 17.2 Å². The number of hydrogen-bond donors (Lipinski definition) is 0. The van der Waals surface area contributed by atoms with Gasteiger partial charge >= 0.3 is 5.97 Å². The highest BCUT2D eigenvalue weighted by Gasteiger charge is 2.09. The van der Waals surface area contributed by atoms with Crippen LogP contribution in [0.5, 0.6) is 17.2 Å². The number of methoxy groups -OCH3 is 2. The van der Waals surface area contributed by atoms with Gasteiger partial charge in [0.2, 0.25) is 0 Å². The largest absolute Gasteiger partial charge is 0.497 e. The van der Waals surface area contributed by atoms with Crippen LogP contribution in [-0.2, 0) is 16.0 Å². The topological polar surface area (TPSA) is 49.1 Å². The van der Waals surface area contributed by atoms with Crippen molar-refractivity contribution in [3.63, 3.8) is 0 Å². The summed E-state index contributed by atoms with van der Waals surface area (Å²) in [5, 5.41) is 0.409. The van der Waals surface area contributed by atoms with Crippen molar-refractivity contribution in [2.24, 2.45) is 0 Å². The minimum atomic E-state index is -0.359. The first-order valence-corrected chi connectivity index (χ1v) is 7.02. The molecule has 0 fully saturated rings. The maximum Gasteiger partial charge on any atom is 0.309 e. The molecule has 0 saturated carbocycles. The standard InChI is InChI=1S/C17H14ClNO4/c1-19-13-7-12(18)8-16(9-13)23-15-5-11(6-17(20)22-3)4-14(10-15)21-2/h4-5,7-10H,6H2,2-3H3. The quantitative estimate of drug-likeness (QED) is 0.601. The summed E-state index contributed by atoms with van der Waals surface area (Å²) < 4.78 is 15.6. The lowest BCUT2D eigenvalue weighted by Gasteiger charge is -2.11. The third-order valence-electron chi connectivity index (χ3n) is 2.97. The molecule has 0 radical (unpaired) electrons. The van der Waals surface area contributed by atoms with Gasteiger partial charge in [-0.05, 0) is 35.9 Å². The number of carbonyl (C=O) groups excluding carboxylic acids is 1. The Bertz CT molecular complexity index is 768. The fourth-order valence-corrected chi connectivity index (χ4v) is 2.18. The second-order valence-electron chi connectivity index (χ2n) is 4.63. The number of benzene rings is 2. The molecule has 23 heavy (non-hydrogen) atoms. The molecule has 0 spiro atoms. The summed E-state index contributed by atoms with van der Waals surface area (Å²) in [7, 11) is 2.86. The number of carbonyl (C=O) groups is 1. The Morgan fingerprint density at radius 2 is 1.78 bits per heavy atom. The van der Waals surface area contributed by atoms with E-state index >= 15 is 0 Å². The zero-order valence-corrected chi connectivity index (χ0v) is 13.4. The molecule has 0 unspecified atom stereocenters. The minimum Gasteiger partial charge on any atom is -0.497 e. The van der Waals surface area contributed by atoms with Gasteiger partial charge in [-0.15, -0.1) is 0 Å². The SMILES string of the molecule is [C-]#[N+]c1cc(Cl)cc(Oc2cc(CC(=O)OC)cc(OC)c2)c1. The minimum absolute atomic E-state index is 0.104. The van der Waals surface area contributed by atoms with Crippen LogP contribution in [0.4, 0.5) is 5.69 Å². The van der Waals surface area contributed by atoms with Crippen molar-refractivity contribution in [3.8, 4) is 17.2 Å². The van der Waals surface area contributed by atoms with E-state index in [0.717, 1.165) is 0 Å². The van der Waals surface area contributed by atoms with Crippen molar-refractivity contribution in [2.45, 2.75) is 6.42 Å². The molecule has 0 saturated heterocycles. The molecule has 0 heterocycles. The Hall–Kier alpha value is -2.71. The number of halogens is 1. The smallest absolute Gasteiger partial charge is 0.309 e. The lowest BCUT2D eigenvalue weighted by Crippen LogP contribution is -2.04. The summed E-state index contributed by atoms with van der Waals surface area (Å²) in [6, 6.07) is 9.85. The summed E-state index contributed by atoms with van der Waals surface area (Å²) in [5.74, 6) is 1.10. The average molecular weight is 332 g/mol. The molecule has 6 heteroatoms. The van der Waals surface area contributed by atoms with Crippen LogP contribution in [0.15, 0.2) is 36.4 Å². The Morgan fingerprint density at radius 3 is 2.43 bits per heavy atom. The average Bonchev–Trinajstić information content (AvgIpc) is 2.53. The van der Waals surface area contributed by atoms with Gasteiger partial charge in [-0.2, -0.15) is 0 Å². The fourth-order valence-electron chi connectivity index (χ4n) is 1.96. The summed E-state index contributed by atoms with van der Waals surface area (Å²) >= 11 is 5.96. The molecule has 5 nitrogen and oxygen atoms in total. The van der Waals surface area contributed by atoms with Crippen LogP contribution in [0.2, 0.25) is 5.02 Å². The van der Waals surface area contributed by atoms with Gasteiger partial charge in [-0.25, -0.2) is 4.85 Å². The molecule has 2 aromatic carbocycles. The van der Waals surface area contributed by atoms with Crippen molar-refractivity contribution in [1.29, 1.82) is 0 Å². The van der Waals surface area contributed by atoms with Crippen LogP contribution in [0, 0.1) is 6.57 Å². The molecule has 2 rings (SSSR count). The van der Waals surface area contributed by atoms with Crippen LogP contribution in [0.1, 0.15) is 5.56 Å². The maximum absolute atomic E-state index is 11.4. The van der Waals surface area contributed by atoms with Gasteiger partial charge < -0.3 is 14.2 Å². The molecule has 0 aliphatic heterocycles. The first-order chi connectivity index (χ1) is 11.0. The second-order valence-corrected chi connectivity index (χ2v) is 5.07. The van der Waals surface area contributed by atoms with Crippen LogP contribution >= 0.6 is 11.6 Å². The van der Waals surface area contributed by atoms with E-state index in [2.05, 4.69) is 9.58 Å². The lowest BCUT2D eigenvalue weighted by atomic mass is 10.1.